The zero-order valence-corrected chi connectivity index (χ0v) is 14.5. The Labute approximate surface area is 143 Å². The second kappa shape index (κ2) is 7.27. The van der Waals surface area contributed by atoms with Gasteiger partial charge in [-0.05, 0) is 31.4 Å². The molecule has 1 aliphatic rings. The summed E-state index contributed by atoms with van der Waals surface area (Å²) in [5.74, 6) is 0.850. The summed E-state index contributed by atoms with van der Waals surface area (Å²) in [6, 6.07) is 9.73. The van der Waals surface area contributed by atoms with Crippen molar-refractivity contribution in [1.29, 1.82) is 0 Å². The highest BCUT2D eigenvalue weighted by molar-refractivity contribution is 7.88. The number of piperidine rings is 1. The summed E-state index contributed by atoms with van der Waals surface area (Å²) >= 11 is 0. The Morgan fingerprint density at radius 2 is 1.88 bits per heavy atom. The van der Waals surface area contributed by atoms with E-state index in [0.717, 1.165) is 29.8 Å². The van der Waals surface area contributed by atoms with Crippen molar-refractivity contribution in [3.05, 3.63) is 54.0 Å². The van der Waals surface area contributed by atoms with Gasteiger partial charge < -0.3 is 5.32 Å². The van der Waals surface area contributed by atoms with Gasteiger partial charge in [0.25, 0.3) is 0 Å². The molecule has 2 heterocycles. The number of nitrogens with zero attached hydrogens (tertiary/aromatic N) is 3. The summed E-state index contributed by atoms with van der Waals surface area (Å²) in [5.41, 5.74) is 1.97. The van der Waals surface area contributed by atoms with Crippen molar-refractivity contribution in [2.45, 2.75) is 31.6 Å². The number of nitrogens with one attached hydrogen (secondary N) is 1. The lowest BCUT2D eigenvalue weighted by atomic mass is 10.1. The molecule has 6 nitrogen and oxygen atoms in total. The molecule has 24 heavy (non-hydrogen) atoms. The van der Waals surface area contributed by atoms with E-state index in [2.05, 4.69) is 15.3 Å². The molecular formula is C17H22N4O2S. The van der Waals surface area contributed by atoms with Gasteiger partial charge in [0.1, 0.15) is 12.1 Å². The van der Waals surface area contributed by atoms with Gasteiger partial charge in [0.05, 0.1) is 5.75 Å². The fraction of sp³-hybridized carbons (Fsp3) is 0.412. The first-order valence-corrected chi connectivity index (χ1v) is 9.70. The first-order chi connectivity index (χ1) is 11.5. The molecule has 0 atom stereocenters. The van der Waals surface area contributed by atoms with Crippen LogP contribution in [-0.4, -0.2) is 41.8 Å². The van der Waals surface area contributed by atoms with E-state index in [9.17, 15) is 8.42 Å². The zero-order chi connectivity index (χ0) is 17.0. The quantitative estimate of drug-likeness (QED) is 0.898. The summed E-state index contributed by atoms with van der Waals surface area (Å²) < 4.78 is 26.8. The number of aryl methyl sites for hydroxylation is 1. The highest BCUT2D eigenvalue weighted by Gasteiger charge is 2.28. The molecule has 0 saturated carbocycles. The monoisotopic (exact) mass is 346 g/mol. The van der Waals surface area contributed by atoms with Gasteiger partial charge in [-0.2, -0.15) is 0 Å². The maximum absolute atomic E-state index is 12.6. The molecule has 0 bridgehead atoms. The fourth-order valence-electron chi connectivity index (χ4n) is 2.85. The van der Waals surface area contributed by atoms with Crippen LogP contribution in [0.15, 0.2) is 42.9 Å². The number of sulfonamides is 1. The van der Waals surface area contributed by atoms with Crippen LogP contribution in [0.4, 0.5) is 5.82 Å². The molecule has 0 radical (unpaired) electrons. The van der Waals surface area contributed by atoms with Gasteiger partial charge >= 0.3 is 0 Å². The van der Waals surface area contributed by atoms with Crippen molar-refractivity contribution in [3.63, 3.8) is 0 Å². The Balaban J connectivity index is 1.56. The molecule has 0 aliphatic carbocycles. The molecule has 128 valence electrons. The number of hydrogen-bond acceptors (Lipinski definition) is 5. The average molecular weight is 346 g/mol. The summed E-state index contributed by atoms with van der Waals surface area (Å²) in [4.78, 5) is 8.04. The van der Waals surface area contributed by atoms with Gasteiger partial charge in [0.2, 0.25) is 10.0 Å². The summed E-state index contributed by atoms with van der Waals surface area (Å²) in [5, 5.41) is 3.34. The van der Waals surface area contributed by atoms with Crippen molar-refractivity contribution in [1.82, 2.24) is 14.3 Å². The lowest BCUT2D eigenvalue weighted by molar-refractivity contribution is 0.329. The molecule has 0 spiro atoms. The van der Waals surface area contributed by atoms with Gasteiger partial charge in [-0.1, -0.05) is 29.8 Å². The van der Waals surface area contributed by atoms with Crippen molar-refractivity contribution in [2.75, 3.05) is 18.4 Å². The van der Waals surface area contributed by atoms with E-state index in [0.29, 0.717) is 13.1 Å². The van der Waals surface area contributed by atoms with Crippen molar-refractivity contribution < 1.29 is 8.42 Å². The van der Waals surface area contributed by atoms with Gasteiger partial charge in [-0.25, -0.2) is 22.7 Å². The molecule has 0 amide bonds. The Hall–Kier alpha value is -1.99. The number of anilines is 1. The minimum atomic E-state index is -3.27. The van der Waals surface area contributed by atoms with Gasteiger partial charge in [0.15, 0.2) is 0 Å². The molecule has 7 heteroatoms. The van der Waals surface area contributed by atoms with Crippen LogP contribution in [0.3, 0.4) is 0 Å². The van der Waals surface area contributed by atoms with Gasteiger partial charge in [0, 0.05) is 25.3 Å². The maximum atomic E-state index is 12.6. The maximum Gasteiger partial charge on any atom is 0.218 e. The molecule has 2 aromatic rings. The third-order valence-corrected chi connectivity index (χ3v) is 6.10. The summed E-state index contributed by atoms with van der Waals surface area (Å²) in [6.07, 6.45) is 4.74. The third kappa shape index (κ3) is 4.30. The van der Waals surface area contributed by atoms with Gasteiger partial charge in [-0.15, -0.1) is 0 Å². The van der Waals surface area contributed by atoms with Crippen LogP contribution in [0.2, 0.25) is 0 Å². The van der Waals surface area contributed by atoms with Crippen LogP contribution in [0, 0.1) is 6.92 Å². The Bertz CT molecular complexity index is 755. The zero-order valence-electron chi connectivity index (χ0n) is 13.7. The Morgan fingerprint density at radius 1 is 1.17 bits per heavy atom. The topological polar surface area (TPSA) is 75.2 Å². The van der Waals surface area contributed by atoms with Crippen LogP contribution >= 0.6 is 0 Å². The van der Waals surface area contributed by atoms with E-state index < -0.39 is 10.0 Å². The molecule has 1 N–H and O–H groups in total. The van der Waals surface area contributed by atoms with Crippen LogP contribution < -0.4 is 5.32 Å². The average Bonchev–Trinajstić information content (AvgIpc) is 2.58. The van der Waals surface area contributed by atoms with Crippen molar-refractivity contribution in [3.8, 4) is 0 Å². The van der Waals surface area contributed by atoms with E-state index >= 15 is 0 Å². The molecule has 1 aromatic carbocycles. The van der Waals surface area contributed by atoms with E-state index in [1.165, 1.54) is 6.33 Å². The van der Waals surface area contributed by atoms with E-state index in [-0.39, 0.29) is 11.8 Å². The van der Waals surface area contributed by atoms with Gasteiger partial charge in [-0.3, -0.25) is 0 Å². The minimum Gasteiger partial charge on any atom is -0.367 e. The number of hydrogen-bond donors (Lipinski definition) is 1. The molecule has 1 fully saturated rings. The molecule has 1 aliphatic heterocycles. The second-order valence-corrected chi connectivity index (χ2v) is 8.12. The molecule has 1 aromatic heterocycles. The van der Waals surface area contributed by atoms with E-state index in [1.54, 1.807) is 10.5 Å². The second-order valence-electron chi connectivity index (χ2n) is 6.15. The summed E-state index contributed by atoms with van der Waals surface area (Å²) in [7, 11) is -3.27. The van der Waals surface area contributed by atoms with Crippen LogP contribution in [0.25, 0.3) is 0 Å². The number of benzene rings is 1. The highest BCUT2D eigenvalue weighted by Crippen LogP contribution is 2.20. The lowest BCUT2D eigenvalue weighted by Gasteiger charge is -2.31. The van der Waals surface area contributed by atoms with E-state index in [4.69, 9.17) is 0 Å². The first kappa shape index (κ1) is 16.9. The SMILES string of the molecule is Cc1ccc(CS(=O)(=O)N2CCC(Nc3ccncn3)CC2)cc1. The molecule has 3 rings (SSSR count). The smallest absolute Gasteiger partial charge is 0.218 e. The lowest BCUT2D eigenvalue weighted by Crippen LogP contribution is -2.42. The summed E-state index contributed by atoms with van der Waals surface area (Å²) in [6.45, 7) is 3.07. The predicted molar refractivity (Wildman–Crippen MR) is 94.1 cm³/mol. The predicted octanol–water partition coefficient (Wildman–Crippen LogP) is 2.19. The minimum absolute atomic E-state index is 0.0668. The standard InChI is InChI=1S/C17H22N4O2S/c1-14-2-4-15(5-3-14)12-24(22,23)21-10-7-16(8-11-21)20-17-6-9-18-13-19-17/h2-6,9,13,16H,7-8,10-12H2,1H3,(H,18,19,20). The first-order valence-electron chi connectivity index (χ1n) is 8.09. The number of rotatable bonds is 5. The number of aromatic nitrogens is 2. The van der Waals surface area contributed by atoms with Crippen LogP contribution in [0.5, 0.6) is 0 Å². The molecule has 0 unspecified atom stereocenters. The Kier molecular flexibility index (Phi) is 5.11. The van der Waals surface area contributed by atoms with Crippen molar-refractivity contribution in [2.24, 2.45) is 0 Å². The third-order valence-electron chi connectivity index (χ3n) is 4.25. The highest BCUT2D eigenvalue weighted by atomic mass is 32.2. The fourth-order valence-corrected chi connectivity index (χ4v) is 4.41. The van der Waals surface area contributed by atoms with Crippen LogP contribution in [-0.2, 0) is 15.8 Å². The van der Waals surface area contributed by atoms with E-state index in [1.807, 2.05) is 37.3 Å². The normalized spacial score (nSPS) is 16.9. The largest absolute Gasteiger partial charge is 0.367 e. The van der Waals surface area contributed by atoms with Crippen LogP contribution in [0.1, 0.15) is 24.0 Å². The molecular weight excluding hydrogens is 324 g/mol. The van der Waals surface area contributed by atoms with Crippen molar-refractivity contribution >= 4 is 15.8 Å². The molecule has 1 saturated heterocycles. The Morgan fingerprint density at radius 3 is 2.50 bits per heavy atom.